The summed E-state index contributed by atoms with van der Waals surface area (Å²) in [6.45, 7) is 7.04. The van der Waals surface area contributed by atoms with Crippen molar-refractivity contribution in [2.24, 2.45) is 7.05 Å². The summed E-state index contributed by atoms with van der Waals surface area (Å²) < 4.78 is 1.96. The molecule has 1 heterocycles. The third-order valence-electron chi connectivity index (χ3n) is 1.56. The summed E-state index contributed by atoms with van der Waals surface area (Å²) in [4.78, 5) is 0. The van der Waals surface area contributed by atoms with E-state index in [4.69, 9.17) is 0 Å². The van der Waals surface area contributed by atoms with E-state index in [2.05, 4.69) is 31.2 Å². The summed E-state index contributed by atoms with van der Waals surface area (Å²) in [7, 11) is 1.31. The second-order valence-corrected chi connectivity index (χ2v) is 8.79. The van der Waals surface area contributed by atoms with Crippen LogP contribution in [0, 0.1) is 0 Å². The number of aryl methyl sites for hydroxylation is 1. The van der Waals surface area contributed by atoms with E-state index in [9.17, 15) is 0 Å². The molecule has 0 N–H and O–H groups in total. The summed E-state index contributed by atoms with van der Waals surface area (Å²) in [5.74, 6) is 0. The second-order valence-electron chi connectivity index (χ2n) is 3.89. The van der Waals surface area contributed by atoms with Crippen molar-refractivity contribution in [3.63, 3.8) is 0 Å². The average molecular weight is 171 g/mol. The van der Waals surface area contributed by atoms with Crippen LogP contribution in [0.2, 0.25) is 0 Å². The molecular formula is C8H16N2P+. The van der Waals surface area contributed by atoms with Gasteiger partial charge < -0.3 is 0 Å². The lowest BCUT2D eigenvalue weighted by Gasteiger charge is -2.10. The summed E-state index contributed by atoms with van der Waals surface area (Å²) in [5, 5.41) is 4.14. The molecule has 0 radical (unpaired) electrons. The molecule has 0 fully saturated rings. The van der Waals surface area contributed by atoms with E-state index in [-0.39, 0.29) is 0 Å². The van der Waals surface area contributed by atoms with Crippen LogP contribution in [0.5, 0.6) is 0 Å². The Morgan fingerprint density at radius 2 is 2.09 bits per heavy atom. The molecular weight excluding hydrogens is 155 g/mol. The molecule has 1 aromatic rings. The first-order valence-corrected chi connectivity index (χ1v) is 7.08. The van der Waals surface area contributed by atoms with Gasteiger partial charge in [-0.1, -0.05) is 0 Å². The van der Waals surface area contributed by atoms with Crippen molar-refractivity contribution in [1.29, 1.82) is 0 Å². The zero-order valence-corrected chi connectivity index (χ0v) is 8.60. The van der Waals surface area contributed by atoms with Gasteiger partial charge in [0.25, 0.3) is 0 Å². The van der Waals surface area contributed by atoms with Gasteiger partial charge in [0, 0.05) is 40.5 Å². The molecule has 2 nitrogen and oxygen atoms in total. The summed E-state index contributed by atoms with van der Waals surface area (Å²) in [5.41, 5.74) is 1.35. The molecule has 1 rings (SSSR count). The molecule has 0 bridgehead atoms. The molecule has 0 atom stereocenters. The van der Waals surface area contributed by atoms with Crippen LogP contribution in [0.1, 0.15) is 5.69 Å². The van der Waals surface area contributed by atoms with Gasteiger partial charge in [0.2, 0.25) is 0 Å². The first-order valence-electron chi connectivity index (χ1n) is 3.76. The van der Waals surface area contributed by atoms with Gasteiger partial charge in [0.15, 0.2) is 0 Å². The van der Waals surface area contributed by atoms with Crippen molar-refractivity contribution in [3.8, 4) is 0 Å². The largest absolute Gasteiger partial charge is 0.269 e. The van der Waals surface area contributed by atoms with Gasteiger partial charge in [0.05, 0.1) is 5.69 Å². The quantitative estimate of drug-likeness (QED) is 0.621. The lowest BCUT2D eigenvalue weighted by Crippen LogP contribution is -2.00. The van der Waals surface area contributed by atoms with Gasteiger partial charge in [-0.15, -0.1) is 0 Å². The van der Waals surface area contributed by atoms with Crippen LogP contribution in [-0.2, 0) is 13.2 Å². The first kappa shape index (κ1) is 8.73. The molecule has 0 saturated heterocycles. The maximum absolute atomic E-state index is 4.14. The third kappa shape index (κ3) is 2.63. The zero-order valence-electron chi connectivity index (χ0n) is 7.70. The predicted molar refractivity (Wildman–Crippen MR) is 51.6 cm³/mol. The minimum absolute atomic E-state index is 0.692. The summed E-state index contributed by atoms with van der Waals surface area (Å²) in [6, 6.07) is 2.10. The molecule has 1 aromatic heterocycles. The molecule has 0 spiro atoms. The van der Waals surface area contributed by atoms with Crippen LogP contribution in [0.25, 0.3) is 0 Å². The Morgan fingerprint density at radius 3 is 2.45 bits per heavy atom. The van der Waals surface area contributed by atoms with Gasteiger partial charge in [0.1, 0.15) is 6.16 Å². The van der Waals surface area contributed by atoms with Gasteiger partial charge in [-0.3, -0.25) is 4.68 Å². The van der Waals surface area contributed by atoms with Crippen LogP contribution in [0.3, 0.4) is 0 Å². The van der Waals surface area contributed by atoms with Crippen molar-refractivity contribution in [3.05, 3.63) is 18.0 Å². The van der Waals surface area contributed by atoms with E-state index in [1.54, 1.807) is 0 Å². The van der Waals surface area contributed by atoms with Crippen molar-refractivity contribution >= 4 is 7.26 Å². The third-order valence-corrected chi connectivity index (χ3v) is 2.83. The first-order chi connectivity index (χ1) is 4.99. The second kappa shape index (κ2) is 2.94. The molecule has 0 aliphatic rings. The smallest absolute Gasteiger partial charge is 0.100 e. The SMILES string of the molecule is Cn1nccc1C[P+](C)(C)C. The minimum Gasteiger partial charge on any atom is -0.269 e. The topological polar surface area (TPSA) is 17.8 Å². The summed E-state index contributed by atoms with van der Waals surface area (Å²) >= 11 is 0. The fourth-order valence-corrected chi connectivity index (χ4v) is 2.32. The van der Waals surface area contributed by atoms with Crippen molar-refractivity contribution in [2.75, 3.05) is 20.0 Å². The van der Waals surface area contributed by atoms with Crippen molar-refractivity contribution < 1.29 is 0 Å². The van der Waals surface area contributed by atoms with Crippen molar-refractivity contribution in [2.45, 2.75) is 6.16 Å². The highest BCUT2D eigenvalue weighted by molar-refractivity contribution is 7.72. The van der Waals surface area contributed by atoms with Crippen LogP contribution >= 0.6 is 7.26 Å². The number of rotatable bonds is 2. The van der Waals surface area contributed by atoms with Crippen LogP contribution in [-0.4, -0.2) is 29.8 Å². The van der Waals surface area contributed by atoms with Gasteiger partial charge >= 0.3 is 0 Å². The molecule has 0 aliphatic heterocycles. The van der Waals surface area contributed by atoms with Crippen LogP contribution in [0.4, 0.5) is 0 Å². The van der Waals surface area contributed by atoms with E-state index in [1.165, 1.54) is 11.9 Å². The molecule has 0 aromatic carbocycles. The predicted octanol–water partition coefficient (Wildman–Crippen LogP) is 1.83. The van der Waals surface area contributed by atoms with Gasteiger partial charge in [-0.25, -0.2) is 0 Å². The van der Waals surface area contributed by atoms with Crippen molar-refractivity contribution in [1.82, 2.24) is 9.78 Å². The summed E-state index contributed by atoms with van der Waals surface area (Å²) in [6.07, 6.45) is 3.06. The molecule has 0 aliphatic carbocycles. The molecule has 11 heavy (non-hydrogen) atoms. The lowest BCUT2D eigenvalue weighted by molar-refractivity contribution is 0.734. The average Bonchev–Trinajstić information content (AvgIpc) is 2.12. The number of nitrogens with zero attached hydrogens (tertiary/aromatic N) is 2. The molecule has 0 unspecified atom stereocenters. The Balaban J connectivity index is 2.72. The zero-order chi connectivity index (χ0) is 8.48. The fourth-order valence-electron chi connectivity index (χ4n) is 1.04. The van der Waals surface area contributed by atoms with Crippen LogP contribution < -0.4 is 0 Å². The molecule has 0 amide bonds. The minimum atomic E-state index is -0.692. The highest BCUT2D eigenvalue weighted by atomic mass is 31.2. The lowest BCUT2D eigenvalue weighted by atomic mass is 10.5. The monoisotopic (exact) mass is 171 g/mol. The maximum atomic E-state index is 4.14. The standard InChI is InChI=1S/C8H16N2P/c1-10-8(5-6-9-10)7-11(2,3)4/h5-6H,7H2,1-4H3/q+1. The number of hydrogen-bond acceptors (Lipinski definition) is 1. The molecule has 3 heteroatoms. The molecule has 0 saturated carbocycles. The van der Waals surface area contributed by atoms with E-state index >= 15 is 0 Å². The van der Waals surface area contributed by atoms with E-state index in [0.717, 1.165) is 0 Å². The number of aromatic nitrogens is 2. The highest BCUT2D eigenvalue weighted by Crippen LogP contribution is 2.49. The maximum Gasteiger partial charge on any atom is 0.100 e. The highest BCUT2D eigenvalue weighted by Gasteiger charge is 2.19. The number of hydrogen-bond donors (Lipinski definition) is 0. The normalized spacial score (nSPS) is 12.0. The Labute approximate surface area is 68.9 Å². The van der Waals surface area contributed by atoms with Gasteiger partial charge in [-0.05, 0) is 6.07 Å². The van der Waals surface area contributed by atoms with Gasteiger partial charge in [-0.2, -0.15) is 5.10 Å². The fraction of sp³-hybridized carbons (Fsp3) is 0.625. The van der Waals surface area contributed by atoms with Crippen LogP contribution in [0.15, 0.2) is 12.3 Å². The Morgan fingerprint density at radius 1 is 1.45 bits per heavy atom. The van der Waals surface area contributed by atoms with E-state index in [1.807, 2.05) is 17.9 Å². The Hall–Kier alpha value is -0.360. The molecule has 62 valence electrons. The van der Waals surface area contributed by atoms with E-state index < -0.39 is 7.26 Å². The van der Waals surface area contributed by atoms with E-state index in [0.29, 0.717) is 0 Å². The Kier molecular flexibility index (Phi) is 2.34. The Bertz CT molecular complexity index is 234.